The lowest BCUT2D eigenvalue weighted by Crippen LogP contribution is -2.17. The van der Waals surface area contributed by atoms with Gasteiger partial charge in [0.05, 0.1) is 27.2 Å². The summed E-state index contributed by atoms with van der Waals surface area (Å²) >= 11 is 0. The van der Waals surface area contributed by atoms with E-state index in [4.69, 9.17) is 14.2 Å². The Labute approximate surface area is 113 Å². The molecule has 1 rings (SSSR count). The van der Waals surface area contributed by atoms with Crippen LogP contribution in [0.1, 0.15) is 25.3 Å². The minimum absolute atomic E-state index is 0.0414. The van der Waals surface area contributed by atoms with E-state index >= 15 is 0 Å². The third kappa shape index (κ3) is 3.10. The highest BCUT2D eigenvalue weighted by molar-refractivity contribution is 5.77. The Morgan fingerprint density at radius 2 is 1.53 bits per heavy atom. The summed E-state index contributed by atoms with van der Waals surface area (Å²) in [6, 6.07) is 3.36. The SMILES string of the molecule is COc1cc(C(C(=O)O)C(C)C)cc(OC)c1OC. The summed E-state index contributed by atoms with van der Waals surface area (Å²) in [6.07, 6.45) is 0. The Bertz CT molecular complexity index is 428. The molecular formula is C14H20O5. The van der Waals surface area contributed by atoms with E-state index in [0.29, 0.717) is 22.8 Å². The van der Waals surface area contributed by atoms with Crippen molar-refractivity contribution in [2.45, 2.75) is 19.8 Å². The van der Waals surface area contributed by atoms with Crippen molar-refractivity contribution in [2.24, 2.45) is 5.92 Å². The van der Waals surface area contributed by atoms with Gasteiger partial charge in [0.1, 0.15) is 0 Å². The van der Waals surface area contributed by atoms with Crippen molar-refractivity contribution in [1.82, 2.24) is 0 Å². The minimum Gasteiger partial charge on any atom is -0.493 e. The minimum atomic E-state index is -0.871. The van der Waals surface area contributed by atoms with Crippen molar-refractivity contribution >= 4 is 5.97 Å². The molecule has 0 spiro atoms. The summed E-state index contributed by atoms with van der Waals surface area (Å²) in [5.41, 5.74) is 0.636. The lowest BCUT2D eigenvalue weighted by molar-refractivity contribution is -0.139. The van der Waals surface area contributed by atoms with Crippen LogP contribution >= 0.6 is 0 Å². The fraction of sp³-hybridized carbons (Fsp3) is 0.500. The number of hydrogen-bond donors (Lipinski definition) is 1. The van der Waals surface area contributed by atoms with Crippen LogP contribution < -0.4 is 14.2 Å². The summed E-state index contributed by atoms with van der Waals surface area (Å²) < 4.78 is 15.7. The highest BCUT2D eigenvalue weighted by atomic mass is 16.5. The molecule has 0 fully saturated rings. The molecule has 106 valence electrons. The molecule has 1 atom stereocenters. The second kappa shape index (κ2) is 6.31. The Hall–Kier alpha value is -1.91. The van der Waals surface area contributed by atoms with Crippen molar-refractivity contribution in [3.05, 3.63) is 17.7 Å². The van der Waals surface area contributed by atoms with Crippen LogP contribution in [0.2, 0.25) is 0 Å². The van der Waals surface area contributed by atoms with Crippen molar-refractivity contribution < 1.29 is 24.1 Å². The third-order valence-corrected chi connectivity index (χ3v) is 2.98. The van der Waals surface area contributed by atoms with E-state index in [9.17, 15) is 9.90 Å². The normalized spacial score (nSPS) is 12.1. The van der Waals surface area contributed by atoms with E-state index < -0.39 is 11.9 Å². The van der Waals surface area contributed by atoms with Gasteiger partial charge in [0.2, 0.25) is 5.75 Å². The summed E-state index contributed by atoms with van der Waals surface area (Å²) in [7, 11) is 4.52. The van der Waals surface area contributed by atoms with E-state index in [2.05, 4.69) is 0 Å². The summed E-state index contributed by atoms with van der Waals surface area (Å²) in [4.78, 5) is 11.4. The number of ether oxygens (including phenoxy) is 3. The van der Waals surface area contributed by atoms with Gasteiger partial charge in [-0.2, -0.15) is 0 Å². The highest BCUT2D eigenvalue weighted by Gasteiger charge is 2.26. The molecule has 5 nitrogen and oxygen atoms in total. The molecule has 0 bridgehead atoms. The number of carboxylic acid groups (broad SMARTS) is 1. The standard InChI is InChI=1S/C14H20O5/c1-8(2)12(14(15)16)9-6-10(17-3)13(19-5)11(7-9)18-4/h6-8,12H,1-5H3,(H,15,16). The third-order valence-electron chi connectivity index (χ3n) is 2.98. The number of methoxy groups -OCH3 is 3. The van der Waals surface area contributed by atoms with Gasteiger partial charge in [0.25, 0.3) is 0 Å². The summed E-state index contributed by atoms with van der Waals surface area (Å²) in [6.45, 7) is 3.73. The summed E-state index contributed by atoms with van der Waals surface area (Å²) in [5.74, 6) is -0.146. The van der Waals surface area contributed by atoms with Crippen molar-refractivity contribution in [2.75, 3.05) is 21.3 Å². The first-order valence-electron chi connectivity index (χ1n) is 5.98. The molecular weight excluding hydrogens is 248 g/mol. The number of rotatable bonds is 6. The fourth-order valence-electron chi connectivity index (χ4n) is 2.09. The zero-order valence-electron chi connectivity index (χ0n) is 11.9. The van der Waals surface area contributed by atoms with Gasteiger partial charge in [0, 0.05) is 0 Å². The van der Waals surface area contributed by atoms with E-state index in [1.54, 1.807) is 12.1 Å². The predicted octanol–water partition coefficient (Wildman–Crippen LogP) is 2.54. The maximum absolute atomic E-state index is 11.4. The summed E-state index contributed by atoms with van der Waals surface area (Å²) in [5, 5.41) is 9.34. The van der Waals surface area contributed by atoms with Gasteiger partial charge in [-0.1, -0.05) is 13.8 Å². The van der Waals surface area contributed by atoms with Crippen LogP contribution in [0, 0.1) is 5.92 Å². The van der Waals surface area contributed by atoms with Gasteiger partial charge in [-0.15, -0.1) is 0 Å². The highest BCUT2D eigenvalue weighted by Crippen LogP contribution is 2.41. The number of carboxylic acids is 1. The second-order valence-corrected chi connectivity index (χ2v) is 4.52. The smallest absolute Gasteiger partial charge is 0.311 e. The largest absolute Gasteiger partial charge is 0.493 e. The van der Waals surface area contributed by atoms with Crippen LogP contribution in [-0.4, -0.2) is 32.4 Å². The van der Waals surface area contributed by atoms with E-state index in [0.717, 1.165) is 0 Å². The molecule has 0 radical (unpaired) electrons. The van der Waals surface area contributed by atoms with Gasteiger partial charge in [0.15, 0.2) is 11.5 Å². The number of hydrogen-bond acceptors (Lipinski definition) is 4. The molecule has 19 heavy (non-hydrogen) atoms. The molecule has 0 aliphatic heterocycles. The lowest BCUT2D eigenvalue weighted by Gasteiger charge is -2.20. The maximum atomic E-state index is 11.4. The maximum Gasteiger partial charge on any atom is 0.311 e. The molecule has 1 unspecified atom stereocenters. The first-order valence-corrected chi connectivity index (χ1v) is 5.98. The average Bonchev–Trinajstić information content (AvgIpc) is 2.36. The van der Waals surface area contributed by atoms with Gasteiger partial charge in [-0.05, 0) is 23.6 Å². The second-order valence-electron chi connectivity index (χ2n) is 4.52. The van der Waals surface area contributed by atoms with Crippen LogP contribution in [0.15, 0.2) is 12.1 Å². The van der Waals surface area contributed by atoms with Crippen LogP contribution in [0.5, 0.6) is 17.2 Å². The van der Waals surface area contributed by atoms with Crippen LogP contribution in [-0.2, 0) is 4.79 Å². The fourth-order valence-corrected chi connectivity index (χ4v) is 2.09. The molecule has 0 aromatic heterocycles. The number of benzene rings is 1. The zero-order valence-corrected chi connectivity index (χ0v) is 11.9. The van der Waals surface area contributed by atoms with Crippen LogP contribution in [0.3, 0.4) is 0 Å². The Kier molecular flexibility index (Phi) is 5.03. The monoisotopic (exact) mass is 268 g/mol. The molecule has 0 amide bonds. The van der Waals surface area contributed by atoms with Crippen molar-refractivity contribution in [3.8, 4) is 17.2 Å². The molecule has 0 aliphatic carbocycles. The van der Waals surface area contributed by atoms with Crippen molar-refractivity contribution in [3.63, 3.8) is 0 Å². The van der Waals surface area contributed by atoms with Crippen LogP contribution in [0.4, 0.5) is 0 Å². The zero-order chi connectivity index (χ0) is 14.6. The van der Waals surface area contributed by atoms with Crippen molar-refractivity contribution in [1.29, 1.82) is 0 Å². The number of carbonyl (C=O) groups is 1. The van der Waals surface area contributed by atoms with Gasteiger partial charge >= 0.3 is 5.97 Å². The van der Waals surface area contributed by atoms with E-state index in [-0.39, 0.29) is 5.92 Å². The molecule has 1 aromatic rings. The van der Waals surface area contributed by atoms with Crippen LogP contribution in [0.25, 0.3) is 0 Å². The first-order chi connectivity index (χ1) is 8.96. The number of aliphatic carboxylic acids is 1. The molecule has 0 heterocycles. The van der Waals surface area contributed by atoms with E-state index in [1.807, 2.05) is 13.8 Å². The van der Waals surface area contributed by atoms with Gasteiger partial charge < -0.3 is 19.3 Å². The lowest BCUT2D eigenvalue weighted by atomic mass is 9.88. The van der Waals surface area contributed by atoms with E-state index in [1.165, 1.54) is 21.3 Å². The topological polar surface area (TPSA) is 65.0 Å². The van der Waals surface area contributed by atoms with Gasteiger partial charge in [-0.25, -0.2) is 0 Å². The average molecular weight is 268 g/mol. The Balaban J connectivity index is 3.40. The molecule has 0 saturated carbocycles. The molecule has 1 N–H and O–H groups in total. The quantitative estimate of drug-likeness (QED) is 0.858. The Morgan fingerprint density at radius 1 is 1.05 bits per heavy atom. The molecule has 0 aliphatic rings. The van der Waals surface area contributed by atoms with Gasteiger partial charge in [-0.3, -0.25) is 4.79 Å². The molecule has 5 heteroatoms. The predicted molar refractivity (Wildman–Crippen MR) is 71.3 cm³/mol. The Morgan fingerprint density at radius 3 is 1.79 bits per heavy atom. The molecule has 0 saturated heterocycles. The first kappa shape index (κ1) is 15.1. The molecule has 1 aromatic carbocycles.